The number of carbonyl (C=O) groups excluding carboxylic acids is 1. The molecule has 6 nitrogen and oxygen atoms in total. The van der Waals surface area contributed by atoms with Crippen molar-refractivity contribution in [1.82, 2.24) is 24.4 Å². The average molecular weight is 363 g/mol. The van der Waals surface area contributed by atoms with Crippen molar-refractivity contribution in [2.45, 2.75) is 33.4 Å². The Hall–Kier alpha value is -2.73. The van der Waals surface area contributed by atoms with Crippen molar-refractivity contribution >= 4 is 11.6 Å². The van der Waals surface area contributed by atoms with Crippen LogP contribution in [-0.2, 0) is 19.5 Å². The van der Waals surface area contributed by atoms with Crippen molar-refractivity contribution < 1.29 is 4.79 Å². The Morgan fingerprint density at radius 3 is 2.78 bits per heavy atom. The van der Waals surface area contributed by atoms with Crippen LogP contribution in [0.1, 0.15) is 38.4 Å². The number of aryl methyl sites for hydroxylation is 2. The lowest BCUT2D eigenvalue weighted by Gasteiger charge is -2.29. The van der Waals surface area contributed by atoms with E-state index in [9.17, 15) is 4.79 Å². The van der Waals surface area contributed by atoms with Crippen LogP contribution < -0.4 is 0 Å². The lowest BCUT2D eigenvalue weighted by molar-refractivity contribution is 0.0736. The van der Waals surface area contributed by atoms with Crippen molar-refractivity contribution in [2.75, 3.05) is 20.6 Å². The highest BCUT2D eigenvalue weighted by molar-refractivity contribution is 5.99. The van der Waals surface area contributed by atoms with Gasteiger partial charge in [-0.1, -0.05) is 18.2 Å². The second-order valence-corrected chi connectivity index (χ2v) is 7.65. The highest BCUT2D eigenvalue weighted by Gasteiger charge is 2.25. The van der Waals surface area contributed by atoms with E-state index in [2.05, 4.69) is 47.3 Å². The molecule has 1 aliphatic rings. The molecule has 0 unspecified atom stereocenters. The van der Waals surface area contributed by atoms with Gasteiger partial charge in [0.2, 0.25) is 0 Å². The zero-order valence-electron chi connectivity index (χ0n) is 16.4. The average Bonchev–Trinajstić information content (AvgIpc) is 3.04. The first-order valence-electron chi connectivity index (χ1n) is 9.29. The van der Waals surface area contributed by atoms with Gasteiger partial charge in [-0.05, 0) is 57.1 Å². The molecule has 2 aromatic heterocycles. The third-order valence-electron chi connectivity index (χ3n) is 5.08. The van der Waals surface area contributed by atoms with Gasteiger partial charge < -0.3 is 9.80 Å². The quantitative estimate of drug-likeness (QED) is 0.718. The molecular weight excluding hydrogens is 338 g/mol. The minimum atomic E-state index is 0.00511. The third-order valence-corrected chi connectivity index (χ3v) is 5.08. The van der Waals surface area contributed by atoms with E-state index in [1.165, 1.54) is 16.7 Å². The van der Waals surface area contributed by atoms with Crippen LogP contribution in [-0.4, -0.2) is 50.9 Å². The Morgan fingerprint density at radius 2 is 2.00 bits per heavy atom. The first-order valence-corrected chi connectivity index (χ1v) is 9.29. The van der Waals surface area contributed by atoms with Gasteiger partial charge in [0.15, 0.2) is 5.65 Å². The Morgan fingerprint density at radius 1 is 1.19 bits per heavy atom. The van der Waals surface area contributed by atoms with Crippen LogP contribution in [0.15, 0.2) is 30.5 Å². The van der Waals surface area contributed by atoms with Crippen LogP contribution in [0.5, 0.6) is 0 Å². The summed E-state index contributed by atoms with van der Waals surface area (Å²) in [6.45, 7) is 6.21. The first-order chi connectivity index (χ1) is 12.9. The molecule has 3 heterocycles. The van der Waals surface area contributed by atoms with Crippen LogP contribution in [0.2, 0.25) is 0 Å². The maximum atomic E-state index is 13.1. The molecule has 0 fully saturated rings. The number of aromatic nitrogens is 3. The normalized spacial score (nSPS) is 14.0. The lowest BCUT2D eigenvalue weighted by atomic mass is 9.96. The SMILES string of the molecule is Cc1cc(C)n2ncc(C(=O)N3CCc4cc(CN(C)C)ccc4C3)c2n1. The topological polar surface area (TPSA) is 53.7 Å². The molecule has 0 spiro atoms. The van der Waals surface area contributed by atoms with Crippen molar-refractivity contribution in [3.63, 3.8) is 0 Å². The van der Waals surface area contributed by atoms with E-state index < -0.39 is 0 Å². The van der Waals surface area contributed by atoms with Gasteiger partial charge in [0.25, 0.3) is 5.91 Å². The molecule has 1 aromatic carbocycles. The molecule has 27 heavy (non-hydrogen) atoms. The van der Waals surface area contributed by atoms with Gasteiger partial charge in [0.1, 0.15) is 5.56 Å². The fraction of sp³-hybridized carbons (Fsp3) is 0.381. The molecule has 4 rings (SSSR count). The maximum Gasteiger partial charge on any atom is 0.259 e. The number of hydrogen-bond acceptors (Lipinski definition) is 4. The molecule has 1 aliphatic heterocycles. The van der Waals surface area contributed by atoms with E-state index in [4.69, 9.17) is 0 Å². The van der Waals surface area contributed by atoms with E-state index in [-0.39, 0.29) is 5.91 Å². The number of nitrogens with zero attached hydrogens (tertiary/aromatic N) is 5. The van der Waals surface area contributed by atoms with Crippen molar-refractivity contribution in [3.8, 4) is 0 Å². The molecule has 3 aromatic rings. The maximum absolute atomic E-state index is 13.1. The molecule has 0 atom stereocenters. The standard InChI is InChI=1S/C21H25N5O/c1-14-9-15(2)26-20(23-14)19(11-22-26)21(27)25-8-7-17-10-16(12-24(3)4)5-6-18(17)13-25/h5-6,9-11H,7-8,12-13H2,1-4H3. The minimum Gasteiger partial charge on any atom is -0.334 e. The number of hydrogen-bond donors (Lipinski definition) is 0. The molecule has 0 N–H and O–H groups in total. The molecule has 6 heteroatoms. The van der Waals surface area contributed by atoms with Gasteiger partial charge in [-0.25, -0.2) is 9.50 Å². The van der Waals surface area contributed by atoms with Crippen molar-refractivity contribution in [1.29, 1.82) is 0 Å². The van der Waals surface area contributed by atoms with Crippen LogP contribution >= 0.6 is 0 Å². The molecule has 0 bridgehead atoms. The monoisotopic (exact) mass is 363 g/mol. The summed E-state index contributed by atoms with van der Waals surface area (Å²) < 4.78 is 1.74. The Labute approximate surface area is 159 Å². The van der Waals surface area contributed by atoms with Crippen molar-refractivity contribution in [3.05, 3.63) is 64.1 Å². The van der Waals surface area contributed by atoms with Gasteiger partial charge >= 0.3 is 0 Å². The predicted octanol–water partition coefficient (Wildman–Crippen LogP) is 2.61. The minimum absolute atomic E-state index is 0.00511. The van der Waals surface area contributed by atoms with Crippen LogP contribution in [0, 0.1) is 13.8 Å². The van der Waals surface area contributed by atoms with Crippen molar-refractivity contribution in [2.24, 2.45) is 0 Å². The van der Waals surface area contributed by atoms with Crippen LogP contribution in [0.3, 0.4) is 0 Å². The zero-order valence-corrected chi connectivity index (χ0v) is 16.4. The number of fused-ring (bicyclic) bond motifs is 2. The van der Waals surface area contributed by atoms with Gasteiger partial charge in [-0.15, -0.1) is 0 Å². The fourth-order valence-corrected chi connectivity index (χ4v) is 3.83. The predicted molar refractivity (Wildman–Crippen MR) is 105 cm³/mol. The summed E-state index contributed by atoms with van der Waals surface area (Å²) in [4.78, 5) is 21.8. The summed E-state index contributed by atoms with van der Waals surface area (Å²) in [5.41, 5.74) is 6.99. The Kier molecular flexibility index (Phi) is 4.44. The van der Waals surface area contributed by atoms with Gasteiger partial charge in [0, 0.05) is 31.0 Å². The van der Waals surface area contributed by atoms with Gasteiger partial charge in [-0.3, -0.25) is 4.79 Å². The van der Waals surface area contributed by atoms with Crippen LogP contribution in [0.25, 0.3) is 5.65 Å². The molecule has 0 saturated heterocycles. The number of carbonyl (C=O) groups is 1. The molecule has 0 aliphatic carbocycles. The summed E-state index contributed by atoms with van der Waals surface area (Å²) in [6, 6.07) is 8.57. The van der Waals surface area contributed by atoms with E-state index in [1.807, 2.05) is 24.8 Å². The summed E-state index contributed by atoms with van der Waals surface area (Å²) >= 11 is 0. The van der Waals surface area contributed by atoms with Crippen LogP contribution in [0.4, 0.5) is 0 Å². The largest absolute Gasteiger partial charge is 0.334 e. The van der Waals surface area contributed by atoms with Gasteiger partial charge in [0.05, 0.1) is 6.20 Å². The molecular formula is C21H25N5O. The molecule has 0 saturated carbocycles. The summed E-state index contributed by atoms with van der Waals surface area (Å²) in [7, 11) is 4.15. The smallest absolute Gasteiger partial charge is 0.259 e. The van der Waals surface area contributed by atoms with E-state index in [0.717, 1.165) is 30.9 Å². The second-order valence-electron chi connectivity index (χ2n) is 7.65. The summed E-state index contributed by atoms with van der Waals surface area (Å²) in [6.07, 6.45) is 2.53. The zero-order chi connectivity index (χ0) is 19.1. The number of benzene rings is 1. The van der Waals surface area contributed by atoms with Gasteiger partial charge in [-0.2, -0.15) is 5.10 Å². The van der Waals surface area contributed by atoms with E-state index in [0.29, 0.717) is 17.8 Å². The van der Waals surface area contributed by atoms with E-state index in [1.54, 1.807) is 10.7 Å². The summed E-state index contributed by atoms with van der Waals surface area (Å²) in [5.74, 6) is 0.00511. The highest BCUT2D eigenvalue weighted by Crippen LogP contribution is 2.23. The number of rotatable bonds is 3. The highest BCUT2D eigenvalue weighted by atomic mass is 16.2. The summed E-state index contributed by atoms with van der Waals surface area (Å²) in [5, 5.41) is 4.36. The lowest BCUT2D eigenvalue weighted by Crippen LogP contribution is -2.36. The second kappa shape index (κ2) is 6.78. The Bertz CT molecular complexity index is 1020. The fourth-order valence-electron chi connectivity index (χ4n) is 3.83. The number of amides is 1. The molecule has 1 amide bonds. The Balaban J connectivity index is 1.60. The third kappa shape index (κ3) is 3.32. The first kappa shape index (κ1) is 17.7. The molecule has 140 valence electrons. The molecule has 0 radical (unpaired) electrons. The van der Waals surface area contributed by atoms with E-state index >= 15 is 0 Å².